The molecule has 2 rings (SSSR count). The Morgan fingerprint density at radius 1 is 1.56 bits per heavy atom. The molecule has 1 aromatic carbocycles. The molecule has 8 heteroatoms. The number of nitrogens with zero attached hydrogens (tertiary/aromatic N) is 3. The van der Waals surface area contributed by atoms with Gasteiger partial charge in [0.05, 0.1) is 11.1 Å². The molecule has 0 aliphatic carbocycles. The molecule has 7 nitrogen and oxygen atoms in total. The van der Waals surface area contributed by atoms with E-state index in [0.29, 0.717) is 10.7 Å². The summed E-state index contributed by atoms with van der Waals surface area (Å²) in [4.78, 5) is 13.9. The van der Waals surface area contributed by atoms with Gasteiger partial charge in [-0.15, -0.1) is 11.3 Å². The number of nitro benzene ring substituents is 1. The minimum atomic E-state index is -0.652. The van der Waals surface area contributed by atoms with E-state index in [0.717, 1.165) is 0 Å². The molecule has 2 N–H and O–H groups in total. The summed E-state index contributed by atoms with van der Waals surface area (Å²) < 4.78 is 0. The smallest absolute Gasteiger partial charge is 0.311 e. The Balaban J connectivity index is 2.12. The normalized spacial score (nSPS) is 10.7. The first-order valence-electron chi connectivity index (χ1n) is 4.83. The highest BCUT2D eigenvalue weighted by Gasteiger charge is 2.12. The second kappa shape index (κ2) is 5.23. The van der Waals surface area contributed by atoms with Crippen molar-refractivity contribution in [1.29, 1.82) is 0 Å². The van der Waals surface area contributed by atoms with Gasteiger partial charge in [0.2, 0.25) is 5.13 Å². The van der Waals surface area contributed by atoms with Gasteiger partial charge in [0.1, 0.15) is 0 Å². The molecule has 1 aromatic heterocycles. The Morgan fingerprint density at radius 2 is 2.39 bits per heavy atom. The minimum Gasteiger partial charge on any atom is -0.502 e. The van der Waals surface area contributed by atoms with Crippen LogP contribution in [0, 0.1) is 10.1 Å². The molecule has 2 aromatic rings. The molecule has 0 radical (unpaired) electrons. The van der Waals surface area contributed by atoms with Crippen molar-refractivity contribution in [2.75, 3.05) is 5.43 Å². The number of phenolic OH excluding ortho intramolecular Hbond substituents is 1. The molecule has 0 fully saturated rings. The van der Waals surface area contributed by atoms with Gasteiger partial charge in [0.25, 0.3) is 0 Å². The number of aromatic hydroxyl groups is 1. The second-order valence-corrected chi connectivity index (χ2v) is 4.11. The zero-order valence-electron chi connectivity index (χ0n) is 8.98. The summed E-state index contributed by atoms with van der Waals surface area (Å²) in [5.41, 5.74) is 2.83. The number of thiazole rings is 1. The molecule has 92 valence electrons. The third-order valence-electron chi connectivity index (χ3n) is 2.00. The highest BCUT2D eigenvalue weighted by atomic mass is 32.1. The van der Waals surface area contributed by atoms with E-state index in [2.05, 4.69) is 15.5 Å². The maximum absolute atomic E-state index is 10.6. The summed E-state index contributed by atoms with van der Waals surface area (Å²) in [5, 5.41) is 26.2. The third kappa shape index (κ3) is 2.80. The molecule has 0 saturated heterocycles. The number of nitrogens with one attached hydrogen (secondary N) is 1. The fourth-order valence-corrected chi connectivity index (χ4v) is 1.69. The fraction of sp³-hybridized carbons (Fsp3) is 0. The number of anilines is 1. The average molecular weight is 264 g/mol. The Hall–Kier alpha value is -2.48. The van der Waals surface area contributed by atoms with Gasteiger partial charge < -0.3 is 5.11 Å². The number of nitro groups is 1. The Kier molecular flexibility index (Phi) is 3.49. The molecule has 0 bridgehead atoms. The van der Waals surface area contributed by atoms with Crippen molar-refractivity contribution in [1.82, 2.24) is 4.98 Å². The number of hydrogen-bond acceptors (Lipinski definition) is 7. The number of aromatic nitrogens is 1. The first kappa shape index (κ1) is 12.0. The first-order valence-corrected chi connectivity index (χ1v) is 5.71. The summed E-state index contributed by atoms with van der Waals surface area (Å²) >= 11 is 1.38. The van der Waals surface area contributed by atoms with Crippen LogP contribution in [0.15, 0.2) is 34.9 Å². The largest absolute Gasteiger partial charge is 0.502 e. The molecule has 1 heterocycles. The molecule has 0 aliphatic heterocycles. The van der Waals surface area contributed by atoms with Gasteiger partial charge in [-0.05, 0) is 12.1 Å². The third-order valence-corrected chi connectivity index (χ3v) is 2.68. The highest BCUT2D eigenvalue weighted by molar-refractivity contribution is 7.13. The van der Waals surface area contributed by atoms with Crippen LogP contribution in [0.25, 0.3) is 0 Å². The summed E-state index contributed by atoms with van der Waals surface area (Å²) in [6.07, 6.45) is 3.04. The average Bonchev–Trinajstić information content (AvgIpc) is 2.84. The Bertz CT molecular complexity index is 583. The molecule has 0 aliphatic rings. The van der Waals surface area contributed by atoms with Crippen LogP contribution in [-0.4, -0.2) is 21.2 Å². The van der Waals surface area contributed by atoms with Crippen molar-refractivity contribution < 1.29 is 10.0 Å². The Morgan fingerprint density at radius 3 is 3.06 bits per heavy atom. The predicted molar refractivity (Wildman–Crippen MR) is 68.1 cm³/mol. The topological polar surface area (TPSA) is 101 Å². The van der Waals surface area contributed by atoms with E-state index >= 15 is 0 Å². The van der Waals surface area contributed by atoms with Crippen LogP contribution in [0.3, 0.4) is 0 Å². The SMILES string of the molecule is O=[N+]([O-])c1cc(/C=N\Nc2nccs2)ccc1O. The fourth-order valence-electron chi connectivity index (χ4n) is 1.21. The molecular weight excluding hydrogens is 256 g/mol. The van der Waals surface area contributed by atoms with Gasteiger partial charge in [0, 0.05) is 23.2 Å². The lowest BCUT2D eigenvalue weighted by molar-refractivity contribution is -0.385. The zero-order valence-corrected chi connectivity index (χ0v) is 9.79. The molecule has 0 atom stereocenters. The van der Waals surface area contributed by atoms with E-state index in [1.807, 2.05) is 0 Å². The molecule has 0 spiro atoms. The van der Waals surface area contributed by atoms with Crippen molar-refractivity contribution in [3.05, 3.63) is 45.5 Å². The standard InChI is InChI=1S/C10H8N4O3S/c15-9-2-1-7(5-8(9)14(16)17)6-12-13-10-11-3-4-18-10/h1-6,15H,(H,11,13)/b12-6-. The number of phenols is 1. The highest BCUT2D eigenvalue weighted by Crippen LogP contribution is 2.25. The van der Waals surface area contributed by atoms with E-state index in [-0.39, 0.29) is 11.4 Å². The predicted octanol–water partition coefficient (Wildman–Crippen LogP) is 2.20. The van der Waals surface area contributed by atoms with Gasteiger partial charge in [-0.25, -0.2) is 4.98 Å². The van der Waals surface area contributed by atoms with Crippen LogP contribution in [0.1, 0.15) is 5.56 Å². The quantitative estimate of drug-likeness (QED) is 0.501. The molecule has 0 unspecified atom stereocenters. The van der Waals surface area contributed by atoms with Crippen LogP contribution < -0.4 is 5.43 Å². The van der Waals surface area contributed by atoms with Gasteiger partial charge in [-0.2, -0.15) is 5.10 Å². The van der Waals surface area contributed by atoms with E-state index in [4.69, 9.17) is 0 Å². The number of hydrazone groups is 1. The van der Waals surface area contributed by atoms with Crippen LogP contribution in [0.5, 0.6) is 5.75 Å². The summed E-state index contributed by atoms with van der Waals surface area (Å²) in [7, 11) is 0. The van der Waals surface area contributed by atoms with Crippen molar-refractivity contribution in [3.63, 3.8) is 0 Å². The monoisotopic (exact) mass is 264 g/mol. The second-order valence-electron chi connectivity index (χ2n) is 3.21. The number of rotatable bonds is 4. The summed E-state index contributed by atoms with van der Waals surface area (Å²) in [5.74, 6) is -0.370. The molecular formula is C10H8N4O3S. The van der Waals surface area contributed by atoms with E-state index in [1.54, 1.807) is 11.6 Å². The summed E-state index contributed by atoms with van der Waals surface area (Å²) in [6.45, 7) is 0. The number of benzene rings is 1. The van der Waals surface area contributed by atoms with Crippen molar-refractivity contribution in [3.8, 4) is 5.75 Å². The van der Waals surface area contributed by atoms with Crippen LogP contribution >= 0.6 is 11.3 Å². The molecule has 18 heavy (non-hydrogen) atoms. The number of hydrogen-bond donors (Lipinski definition) is 2. The van der Waals surface area contributed by atoms with Gasteiger partial charge in [-0.3, -0.25) is 15.5 Å². The Labute approximate surface area is 106 Å². The van der Waals surface area contributed by atoms with Crippen molar-refractivity contribution in [2.24, 2.45) is 5.10 Å². The van der Waals surface area contributed by atoms with Crippen LogP contribution in [-0.2, 0) is 0 Å². The van der Waals surface area contributed by atoms with Crippen LogP contribution in [0.2, 0.25) is 0 Å². The van der Waals surface area contributed by atoms with Crippen LogP contribution in [0.4, 0.5) is 10.8 Å². The summed E-state index contributed by atoms with van der Waals surface area (Å²) in [6, 6.07) is 4.01. The van der Waals surface area contributed by atoms with Gasteiger partial charge >= 0.3 is 5.69 Å². The molecule has 0 amide bonds. The van der Waals surface area contributed by atoms with Gasteiger partial charge in [-0.1, -0.05) is 0 Å². The van der Waals surface area contributed by atoms with Crippen molar-refractivity contribution in [2.45, 2.75) is 0 Å². The minimum absolute atomic E-state index is 0.354. The molecule has 0 saturated carbocycles. The van der Waals surface area contributed by atoms with E-state index in [1.165, 1.54) is 35.8 Å². The van der Waals surface area contributed by atoms with Gasteiger partial charge in [0.15, 0.2) is 5.75 Å². The maximum atomic E-state index is 10.6. The van der Waals surface area contributed by atoms with Crippen molar-refractivity contribution >= 4 is 28.4 Å². The first-order chi connectivity index (χ1) is 8.66. The maximum Gasteiger partial charge on any atom is 0.311 e. The zero-order chi connectivity index (χ0) is 13.0. The van der Waals surface area contributed by atoms with E-state index < -0.39 is 4.92 Å². The lowest BCUT2D eigenvalue weighted by Gasteiger charge is -1.97. The lowest BCUT2D eigenvalue weighted by atomic mass is 10.2. The van der Waals surface area contributed by atoms with E-state index in [9.17, 15) is 15.2 Å². The lowest BCUT2D eigenvalue weighted by Crippen LogP contribution is -1.93.